The Morgan fingerprint density at radius 2 is 1.70 bits per heavy atom. The number of hydrogen-bond donors (Lipinski definition) is 0. The van der Waals surface area contributed by atoms with Crippen molar-refractivity contribution in [3.05, 3.63) is 22.8 Å². The Morgan fingerprint density at radius 1 is 1.11 bits per heavy atom. The molecule has 2 amide bonds. The summed E-state index contributed by atoms with van der Waals surface area (Å²) in [5, 5.41) is 0. The predicted molar refractivity (Wildman–Crippen MR) is 100 cm³/mol. The Labute approximate surface area is 163 Å². The Balaban J connectivity index is 2.35. The molecule has 0 aliphatic carbocycles. The van der Waals surface area contributed by atoms with Gasteiger partial charge in [-0.3, -0.25) is 9.59 Å². The smallest absolute Gasteiger partial charge is 0.342 e. The van der Waals surface area contributed by atoms with Crippen LogP contribution in [0.2, 0.25) is 0 Å². The number of piperazine rings is 1. The second-order valence-corrected chi connectivity index (χ2v) is 6.83. The highest BCUT2D eigenvalue weighted by Crippen LogP contribution is 2.23. The summed E-state index contributed by atoms with van der Waals surface area (Å²) in [5.74, 6) is -0.842. The summed E-state index contributed by atoms with van der Waals surface area (Å²) < 4.78 is 5.14. The first-order valence-corrected chi connectivity index (χ1v) is 9.52. The molecule has 9 heteroatoms. The average molecular weight is 397 g/mol. The van der Waals surface area contributed by atoms with E-state index in [1.54, 1.807) is 23.6 Å². The zero-order chi connectivity index (χ0) is 20.1. The fraction of sp³-hybridized carbons (Fsp3) is 0.611. The summed E-state index contributed by atoms with van der Waals surface area (Å²) >= 11 is 5.59. The first-order chi connectivity index (χ1) is 12.8. The maximum Gasteiger partial charge on any atom is 0.342 e. The van der Waals surface area contributed by atoms with Crippen LogP contribution < -0.4 is 0 Å². The fourth-order valence-electron chi connectivity index (χ4n) is 2.96. The van der Waals surface area contributed by atoms with Crippen LogP contribution in [0.25, 0.3) is 0 Å². The second-order valence-electron chi connectivity index (χ2n) is 6.56. The quantitative estimate of drug-likeness (QED) is 0.554. The van der Waals surface area contributed by atoms with Gasteiger partial charge >= 0.3 is 5.97 Å². The molecule has 1 aromatic heterocycles. The molecule has 148 valence electrons. The molecular weight excluding hydrogens is 372 g/mol. The molecule has 1 fully saturated rings. The zero-order valence-corrected chi connectivity index (χ0v) is 16.9. The third-order valence-electron chi connectivity index (χ3n) is 4.31. The Bertz CT molecular complexity index is 730. The molecule has 0 saturated carbocycles. The standard InChI is InChI=1S/C18H25ClN4O4/c1-5-27-18(26)14-15(11(2)3)20-12(4)21-16(14)17(25)23-8-6-22(7-9-23)13(24)10-19/h11H,5-10H2,1-4H3. The van der Waals surface area contributed by atoms with Crippen molar-refractivity contribution in [3.8, 4) is 0 Å². The highest BCUT2D eigenvalue weighted by atomic mass is 35.5. The van der Waals surface area contributed by atoms with Crippen LogP contribution in [0.5, 0.6) is 0 Å². The van der Waals surface area contributed by atoms with E-state index in [-0.39, 0.29) is 41.5 Å². The van der Waals surface area contributed by atoms with E-state index >= 15 is 0 Å². The zero-order valence-electron chi connectivity index (χ0n) is 16.1. The molecule has 27 heavy (non-hydrogen) atoms. The third kappa shape index (κ3) is 4.74. The van der Waals surface area contributed by atoms with E-state index in [0.29, 0.717) is 37.7 Å². The molecule has 8 nitrogen and oxygen atoms in total. The van der Waals surface area contributed by atoms with Gasteiger partial charge in [0.05, 0.1) is 12.3 Å². The molecule has 0 unspecified atom stereocenters. The molecule has 0 aromatic carbocycles. The van der Waals surface area contributed by atoms with Crippen molar-refractivity contribution >= 4 is 29.4 Å². The molecule has 2 heterocycles. The van der Waals surface area contributed by atoms with E-state index in [1.165, 1.54) is 0 Å². The van der Waals surface area contributed by atoms with Gasteiger partial charge in [0.1, 0.15) is 23.0 Å². The van der Waals surface area contributed by atoms with Crippen molar-refractivity contribution in [2.24, 2.45) is 0 Å². The molecule has 0 spiro atoms. The Kier molecular flexibility index (Phi) is 7.12. The van der Waals surface area contributed by atoms with Crippen molar-refractivity contribution in [1.29, 1.82) is 0 Å². The van der Waals surface area contributed by atoms with Crippen LogP contribution in [0.3, 0.4) is 0 Å². The minimum Gasteiger partial charge on any atom is -0.462 e. The maximum atomic E-state index is 13.1. The van der Waals surface area contributed by atoms with Gasteiger partial charge in [0.25, 0.3) is 5.91 Å². The average Bonchev–Trinajstić information content (AvgIpc) is 2.66. The second kappa shape index (κ2) is 9.12. The number of nitrogens with zero attached hydrogens (tertiary/aromatic N) is 4. The Morgan fingerprint density at radius 3 is 2.22 bits per heavy atom. The number of amides is 2. The lowest BCUT2D eigenvalue weighted by atomic mass is 10.0. The summed E-state index contributed by atoms with van der Waals surface area (Å²) in [6.07, 6.45) is 0. The molecule has 0 atom stereocenters. The fourth-order valence-corrected chi connectivity index (χ4v) is 3.13. The summed E-state index contributed by atoms with van der Waals surface area (Å²) in [4.78, 5) is 49.2. The highest BCUT2D eigenvalue weighted by molar-refractivity contribution is 6.27. The maximum absolute atomic E-state index is 13.1. The minimum absolute atomic E-state index is 0.0572. The van der Waals surface area contributed by atoms with Gasteiger partial charge in [0, 0.05) is 26.2 Å². The SMILES string of the molecule is CCOC(=O)c1c(C(=O)N2CCN(C(=O)CCl)CC2)nc(C)nc1C(C)C. The summed E-state index contributed by atoms with van der Waals surface area (Å²) in [5.41, 5.74) is 0.684. The number of carbonyl (C=O) groups excluding carboxylic acids is 3. The number of carbonyl (C=O) groups is 3. The lowest BCUT2D eigenvalue weighted by molar-refractivity contribution is -0.129. The number of rotatable bonds is 5. The van der Waals surface area contributed by atoms with Gasteiger partial charge in [-0.15, -0.1) is 11.6 Å². The van der Waals surface area contributed by atoms with E-state index in [9.17, 15) is 14.4 Å². The molecule has 2 rings (SSSR count). The third-order valence-corrected chi connectivity index (χ3v) is 4.54. The Hall–Kier alpha value is -2.22. The number of ether oxygens (including phenoxy) is 1. The van der Waals surface area contributed by atoms with Gasteiger partial charge in [-0.2, -0.15) is 0 Å². The number of aromatic nitrogens is 2. The van der Waals surface area contributed by atoms with Crippen molar-refractivity contribution in [3.63, 3.8) is 0 Å². The number of esters is 1. The molecule has 0 radical (unpaired) electrons. The first-order valence-electron chi connectivity index (χ1n) is 8.98. The van der Waals surface area contributed by atoms with E-state index in [2.05, 4.69) is 9.97 Å². The van der Waals surface area contributed by atoms with Gasteiger partial charge < -0.3 is 14.5 Å². The summed E-state index contributed by atoms with van der Waals surface area (Å²) in [7, 11) is 0. The van der Waals surface area contributed by atoms with E-state index < -0.39 is 5.97 Å². The molecule has 0 bridgehead atoms. The summed E-state index contributed by atoms with van der Waals surface area (Å²) in [6, 6.07) is 0. The minimum atomic E-state index is -0.597. The molecule has 1 aliphatic heterocycles. The first kappa shape index (κ1) is 21.1. The largest absolute Gasteiger partial charge is 0.462 e. The van der Waals surface area contributed by atoms with E-state index in [4.69, 9.17) is 16.3 Å². The van der Waals surface area contributed by atoms with Crippen LogP contribution in [0, 0.1) is 6.92 Å². The highest BCUT2D eigenvalue weighted by Gasteiger charge is 2.31. The van der Waals surface area contributed by atoms with Crippen LogP contribution in [0.4, 0.5) is 0 Å². The monoisotopic (exact) mass is 396 g/mol. The topological polar surface area (TPSA) is 92.7 Å². The predicted octanol–water partition coefficient (Wildman–Crippen LogP) is 1.61. The van der Waals surface area contributed by atoms with Crippen LogP contribution in [-0.4, -0.2) is 76.2 Å². The molecule has 0 N–H and O–H groups in total. The summed E-state index contributed by atoms with van der Waals surface area (Å²) in [6.45, 7) is 8.88. The van der Waals surface area contributed by atoms with E-state index in [0.717, 1.165) is 0 Å². The van der Waals surface area contributed by atoms with Gasteiger partial charge in [0.2, 0.25) is 5.91 Å². The van der Waals surface area contributed by atoms with Crippen molar-refractivity contribution < 1.29 is 19.1 Å². The molecule has 1 aromatic rings. The van der Waals surface area contributed by atoms with Crippen LogP contribution in [0.1, 0.15) is 59.1 Å². The number of aryl methyl sites for hydroxylation is 1. The lowest BCUT2D eigenvalue weighted by Crippen LogP contribution is -2.51. The van der Waals surface area contributed by atoms with Crippen molar-refractivity contribution in [1.82, 2.24) is 19.8 Å². The van der Waals surface area contributed by atoms with Gasteiger partial charge in [-0.05, 0) is 19.8 Å². The number of halogens is 1. The van der Waals surface area contributed by atoms with Gasteiger partial charge in [-0.1, -0.05) is 13.8 Å². The van der Waals surface area contributed by atoms with Gasteiger partial charge in [0.15, 0.2) is 0 Å². The van der Waals surface area contributed by atoms with Crippen molar-refractivity contribution in [2.75, 3.05) is 38.7 Å². The van der Waals surface area contributed by atoms with Crippen LogP contribution >= 0.6 is 11.6 Å². The van der Waals surface area contributed by atoms with Crippen LogP contribution in [0.15, 0.2) is 0 Å². The molecule has 1 aliphatic rings. The van der Waals surface area contributed by atoms with E-state index in [1.807, 2.05) is 13.8 Å². The van der Waals surface area contributed by atoms with Crippen LogP contribution in [-0.2, 0) is 9.53 Å². The normalized spacial score (nSPS) is 14.4. The van der Waals surface area contributed by atoms with Gasteiger partial charge in [-0.25, -0.2) is 14.8 Å². The lowest BCUT2D eigenvalue weighted by Gasteiger charge is -2.34. The number of alkyl halides is 1. The molecular formula is C18H25ClN4O4. The number of hydrogen-bond acceptors (Lipinski definition) is 6. The van der Waals surface area contributed by atoms with Crippen molar-refractivity contribution in [2.45, 2.75) is 33.6 Å². The molecule has 1 saturated heterocycles.